The Morgan fingerprint density at radius 3 is 2.59 bits per heavy atom. The lowest BCUT2D eigenvalue weighted by Gasteiger charge is -2.41. The van der Waals surface area contributed by atoms with Gasteiger partial charge in [0.2, 0.25) is 11.8 Å². The van der Waals surface area contributed by atoms with Gasteiger partial charge in [0, 0.05) is 31.3 Å². The summed E-state index contributed by atoms with van der Waals surface area (Å²) in [6.07, 6.45) is 8.17. The van der Waals surface area contributed by atoms with Gasteiger partial charge < -0.3 is 15.5 Å². The Balaban J connectivity index is 1.24. The molecule has 6 atom stereocenters. The molecular weight excluding hydrogens is 456 g/mol. The highest BCUT2D eigenvalue weighted by molar-refractivity contribution is 7.91. The minimum atomic E-state index is -3.10. The number of likely N-dealkylation sites (tertiary alicyclic amines) is 1. The Kier molecular flexibility index (Phi) is 8.18. The highest BCUT2D eigenvalue weighted by Gasteiger charge is 2.41. The van der Waals surface area contributed by atoms with E-state index in [1.54, 1.807) is 4.90 Å². The maximum absolute atomic E-state index is 13.1. The van der Waals surface area contributed by atoms with Gasteiger partial charge in [-0.25, -0.2) is 19.3 Å². The molecule has 0 spiro atoms. The lowest BCUT2D eigenvalue weighted by atomic mass is 9.77. The normalized spacial score (nSPS) is 34.4. The number of amides is 2. The minimum absolute atomic E-state index is 0.00480. The molecule has 0 aromatic rings. The van der Waals surface area contributed by atoms with E-state index in [1.165, 1.54) is 12.7 Å². The molecule has 34 heavy (non-hydrogen) atoms. The molecule has 1 aliphatic carbocycles. The number of hydrazine groups is 1. The van der Waals surface area contributed by atoms with Gasteiger partial charge in [-0.15, -0.1) is 0 Å². The summed E-state index contributed by atoms with van der Waals surface area (Å²) in [5.41, 5.74) is 6.53. The minimum Gasteiger partial charge on any atom is -0.352 e. The van der Waals surface area contributed by atoms with Crippen molar-refractivity contribution in [2.75, 3.05) is 39.6 Å². The molecule has 4 rings (SSSR count). The standard InChI is InChI=1S/C23H42N6O4S/c1-15(9-21-27-25-14-28(21)2)16-5-4-6-18(10-16)26-22(30)20-11-17(7-8-24-20)23(31)29-12-19(13-29)34(3,32)33/h15-21,24-25,27H,4-14H2,1-3H3,(H,26,30)/t15-,16?,17?,18?,20?,21?/m1/s1. The van der Waals surface area contributed by atoms with Crippen LogP contribution in [-0.2, 0) is 19.4 Å². The van der Waals surface area contributed by atoms with Crippen LogP contribution >= 0.6 is 0 Å². The smallest absolute Gasteiger partial charge is 0.237 e. The third-order valence-electron chi connectivity index (χ3n) is 8.42. The number of sulfone groups is 1. The van der Waals surface area contributed by atoms with Gasteiger partial charge in [0.05, 0.1) is 24.1 Å². The van der Waals surface area contributed by atoms with Gasteiger partial charge in [0.15, 0.2) is 9.84 Å². The maximum atomic E-state index is 13.1. The molecule has 4 N–H and O–H groups in total. The predicted molar refractivity (Wildman–Crippen MR) is 130 cm³/mol. The van der Waals surface area contributed by atoms with Crippen LogP contribution in [0, 0.1) is 17.8 Å². The molecule has 3 heterocycles. The van der Waals surface area contributed by atoms with E-state index < -0.39 is 15.1 Å². The Morgan fingerprint density at radius 1 is 1.15 bits per heavy atom. The van der Waals surface area contributed by atoms with Crippen LogP contribution in [0.5, 0.6) is 0 Å². The second-order valence-corrected chi connectivity index (χ2v) is 13.3. The van der Waals surface area contributed by atoms with Crippen molar-refractivity contribution in [3.8, 4) is 0 Å². The molecule has 2 amide bonds. The summed E-state index contributed by atoms with van der Waals surface area (Å²) >= 11 is 0. The molecule has 0 aromatic heterocycles. The topological polar surface area (TPSA) is 123 Å². The van der Waals surface area contributed by atoms with E-state index in [4.69, 9.17) is 0 Å². The summed E-state index contributed by atoms with van der Waals surface area (Å²) in [7, 11) is -0.983. The van der Waals surface area contributed by atoms with Gasteiger partial charge in [0.25, 0.3) is 0 Å². The lowest BCUT2D eigenvalue weighted by Crippen LogP contribution is -2.60. The molecule has 4 aliphatic rings. The van der Waals surface area contributed by atoms with E-state index in [-0.39, 0.29) is 42.9 Å². The first-order valence-electron chi connectivity index (χ1n) is 12.8. The fourth-order valence-electron chi connectivity index (χ4n) is 5.96. The van der Waals surface area contributed by atoms with Crippen LogP contribution in [0.15, 0.2) is 0 Å². The van der Waals surface area contributed by atoms with Gasteiger partial charge in [-0.1, -0.05) is 19.8 Å². The van der Waals surface area contributed by atoms with Crippen LogP contribution in [0.4, 0.5) is 0 Å². The zero-order valence-electron chi connectivity index (χ0n) is 20.8. The molecule has 5 unspecified atom stereocenters. The molecule has 3 aliphatic heterocycles. The molecule has 3 saturated heterocycles. The van der Waals surface area contributed by atoms with Gasteiger partial charge in [0.1, 0.15) is 0 Å². The molecule has 194 valence electrons. The SMILES string of the molecule is C[C@H](CC1NNCN1C)C1CCCC(NC(=O)C2CC(C(=O)N3CC(S(C)(=O)=O)C3)CCN2)C1. The molecule has 0 bridgehead atoms. The van der Waals surface area contributed by atoms with Gasteiger partial charge in [-0.05, 0) is 57.5 Å². The second-order valence-electron chi connectivity index (χ2n) is 11.0. The maximum Gasteiger partial charge on any atom is 0.237 e. The monoisotopic (exact) mass is 498 g/mol. The average molecular weight is 499 g/mol. The van der Waals surface area contributed by atoms with Crippen molar-refractivity contribution in [2.45, 2.75) is 75.4 Å². The van der Waals surface area contributed by atoms with Crippen molar-refractivity contribution >= 4 is 21.7 Å². The molecule has 1 saturated carbocycles. The number of hydrogen-bond donors (Lipinski definition) is 4. The third-order valence-corrected chi connectivity index (χ3v) is 9.93. The molecule has 0 radical (unpaired) electrons. The van der Waals surface area contributed by atoms with Crippen molar-refractivity contribution in [3.05, 3.63) is 0 Å². The summed E-state index contributed by atoms with van der Waals surface area (Å²) < 4.78 is 23.3. The number of hydrogen-bond acceptors (Lipinski definition) is 8. The molecule has 10 nitrogen and oxygen atoms in total. The average Bonchev–Trinajstić information content (AvgIpc) is 3.16. The third kappa shape index (κ3) is 6.10. The molecular formula is C23H42N6O4S. The fourth-order valence-corrected chi connectivity index (χ4v) is 6.86. The van der Waals surface area contributed by atoms with Gasteiger partial charge in [-0.2, -0.15) is 0 Å². The van der Waals surface area contributed by atoms with Crippen LogP contribution < -0.4 is 21.5 Å². The first-order valence-corrected chi connectivity index (χ1v) is 14.8. The van der Waals surface area contributed by atoms with Gasteiger partial charge in [-0.3, -0.25) is 14.5 Å². The number of nitrogens with zero attached hydrogens (tertiary/aromatic N) is 2. The number of nitrogens with one attached hydrogen (secondary N) is 4. The summed E-state index contributed by atoms with van der Waals surface area (Å²) in [6.45, 7) is 4.36. The highest BCUT2D eigenvalue weighted by atomic mass is 32.2. The van der Waals surface area contributed by atoms with Crippen molar-refractivity contribution < 1.29 is 18.0 Å². The molecule has 4 fully saturated rings. The largest absolute Gasteiger partial charge is 0.352 e. The van der Waals surface area contributed by atoms with E-state index in [1.807, 2.05) is 0 Å². The summed E-state index contributed by atoms with van der Waals surface area (Å²) in [5, 5.41) is 6.12. The van der Waals surface area contributed by atoms with E-state index >= 15 is 0 Å². The summed E-state index contributed by atoms with van der Waals surface area (Å²) in [5.74, 6) is 0.932. The van der Waals surface area contributed by atoms with E-state index in [0.29, 0.717) is 37.4 Å². The summed E-state index contributed by atoms with van der Waals surface area (Å²) in [4.78, 5) is 29.8. The number of carbonyl (C=O) groups is 2. The van der Waals surface area contributed by atoms with Crippen LogP contribution in [0.2, 0.25) is 0 Å². The van der Waals surface area contributed by atoms with Crippen molar-refractivity contribution in [1.82, 2.24) is 31.3 Å². The zero-order valence-corrected chi connectivity index (χ0v) is 21.6. The van der Waals surface area contributed by atoms with Crippen molar-refractivity contribution in [3.63, 3.8) is 0 Å². The number of carbonyl (C=O) groups excluding carboxylic acids is 2. The van der Waals surface area contributed by atoms with E-state index in [2.05, 4.69) is 40.4 Å². The number of rotatable bonds is 7. The van der Waals surface area contributed by atoms with Gasteiger partial charge >= 0.3 is 0 Å². The van der Waals surface area contributed by atoms with Crippen molar-refractivity contribution in [1.29, 1.82) is 0 Å². The Hall–Kier alpha value is -1.27. The first kappa shape index (κ1) is 25.8. The van der Waals surface area contributed by atoms with Crippen LogP contribution in [-0.4, -0.2) is 93.1 Å². The quantitative estimate of drug-likeness (QED) is 0.375. The van der Waals surface area contributed by atoms with Crippen molar-refractivity contribution in [2.24, 2.45) is 17.8 Å². The lowest BCUT2D eigenvalue weighted by molar-refractivity contribution is -0.140. The van der Waals surface area contributed by atoms with E-state index in [9.17, 15) is 18.0 Å². The van der Waals surface area contributed by atoms with Crippen LogP contribution in [0.1, 0.15) is 51.9 Å². The highest BCUT2D eigenvalue weighted by Crippen LogP contribution is 2.33. The Morgan fingerprint density at radius 2 is 1.91 bits per heavy atom. The Labute approximate surface area is 203 Å². The van der Waals surface area contributed by atoms with E-state index in [0.717, 1.165) is 32.4 Å². The number of piperidine rings is 1. The molecule has 11 heteroatoms. The predicted octanol–water partition coefficient (Wildman–Crippen LogP) is -0.366. The zero-order chi connectivity index (χ0) is 24.5. The van der Waals surface area contributed by atoms with Crippen LogP contribution in [0.3, 0.4) is 0 Å². The fraction of sp³-hybridized carbons (Fsp3) is 0.913. The van der Waals surface area contributed by atoms with Crippen LogP contribution in [0.25, 0.3) is 0 Å². The first-order chi connectivity index (χ1) is 16.1. The second kappa shape index (κ2) is 10.8. The molecule has 0 aromatic carbocycles. The summed E-state index contributed by atoms with van der Waals surface area (Å²) in [6, 6.07) is -0.181. The Bertz CT molecular complexity index is 848.